The van der Waals surface area contributed by atoms with Gasteiger partial charge in [0.25, 0.3) is 5.91 Å². The Balaban J connectivity index is 1.92. The molecule has 3 amide bonds. The molecular weight excluding hydrogens is 434 g/mol. The Morgan fingerprint density at radius 3 is 2.44 bits per heavy atom. The van der Waals surface area contributed by atoms with Crippen LogP contribution in [0.25, 0.3) is 0 Å². The number of nitrogens with one attached hydrogen (secondary N) is 1. The van der Waals surface area contributed by atoms with Gasteiger partial charge in [0.2, 0.25) is 11.8 Å². The molecule has 34 heavy (non-hydrogen) atoms. The number of hydrogen-bond donors (Lipinski definition) is 3. The van der Waals surface area contributed by atoms with Gasteiger partial charge in [-0.15, -0.1) is 0 Å². The van der Waals surface area contributed by atoms with Crippen LogP contribution in [0.2, 0.25) is 0 Å². The lowest BCUT2D eigenvalue weighted by molar-refractivity contribution is -0.155. The zero-order chi connectivity index (χ0) is 25.0. The van der Waals surface area contributed by atoms with Gasteiger partial charge in [0, 0.05) is 29.6 Å². The molecule has 8 heteroatoms. The molecule has 0 spiro atoms. The molecule has 1 saturated heterocycles. The summed E-state index contributed by atoms with van der Waals surface area (Å²) < 4.78 is 0. The van der Waals surface area contributed by atoms with Crippen LogP contribution in [0, 0.1) is 6.92 Å². The van der Waals surface area contributed by atoms with Gasteiger partial charge in [0.05, 0.1) is 0 Å². The number of aromatic hydroxyl groups is 1. The van der Waals surface area contributed by atoms with Gasteiger partial charge in [0.1, 0.15) is 17.8 Å². The standard InChI is InChI=1S/C26H33N3O5/c1-17-19(12-8-14-22(17)30)24(32)29(34)21(16-18-10-6-5-7-11-18)25(33)28-15-9-13-20(28)23(31)27-26(2,3)4/h5-8,10-12,14,20-21,30,34H,9,13,15-16H2,1-4H3,(H,27,31)/t20-,21+/m1/s1. The maximum atomic E-state index is 13.7. The van der Waals surface area contributed by atoms with Gasteiger partial charge in [-0.3, -0.25) is 19.6 Å². The number of phenolic OH excluding ortho intramolecular Hbond substituents is 1. The Morgan fingerprint density at radius 1 is 1.12 bits per heavy atom. The lowest BCUT2D eigenvalue weighted by Gasteiger charge is -2.33. The van der Waals surface area contributed by atoms with Crippen LogP contribution in [0.3, 0.4) is 0 Å². The summed E-state index contributed by atoms with van der Waals surface area (Å²) in [6.45, 7) is 7.54. The third kappa shape index (κ3) is 5.75. The fraction of sp³-hybridized carbons (Fsp3) is 0.423. The van der Waals surface area contributed by atoms with E-state index in [1.807, 2.05) is 51.1 Å². The second-order valence-corrected chi connectivity index (χ2v) is 9.73. The molecule has 8 nitrogen and oxygen atoms in total. The Labute approximate surface area is 200 Å². The molecule has 1 fully saturated rings. The molecule has 0 aromatic heterocycles. The number of phenols is 1. The molecule has 0 saturated carbocycles. The second kappa shape index (κ2) is 10.3. The van der Waals surface area contributed by atoms with E-state index in [1.165, 1.54) is 23.1 Å². The molecule has 2 aromatic carbocycles. The first kappa shape index (κ1) is 25.2. The van der Waals surface area contributed by atoms with E-state index in [0.29, 0.717) is 30.0 Å². The van der Waals surface area contributed by atoms with E-state index >= 15 is 0 Å². The molecule has 2 atom stereocenters. The number of likely N-dealkylation sites (tertiary alicyclic amines) is 1. The summed E-state index contributed by atoms with van der Waals surface area (Å²) in [4.78, 5) is 41.2. The third-order valence-corrected chi connectivity index (χ3v) is 5.93. The molecule has 0 aliphatic carbocycles. The van der Waals surface area contributed by atoms with Crippen LogP contribution in [0.5, 0.6) is 5.75 Å². The summed E-state index contributed by atoms with van der Waals surface area (Å²) in [5, 5.41) is 24.4. The van der Waals surface area contributed by atoms with E-state index in [-0.39, 0.29) is 23.6 Å². The van der Waals surface area contributed by atoms with Gasteiger partial charge < -0.3 is 15.3 Å². The number of rotatable bonds is 6. The smallest absolute Gasteiger partial charge is 0.278 e. The topological polar surface area (TPSA) is 110 Å². The minimum absolute atomic E-state index is 0.0733. The highest BCUT2D eigenvalue weighted by Gasteiger charge is 2.41. The summed E-state index contributed by atoms with van der Waals surface area (Å²) in [7, 11) is 0. The first-order valence-electron chi connectivity index (χ1n) is 11.5. The number of benzene rings is 2. The van der Waals surface area contributed by atoms with Crippen molar-refractivity contribution in [1.29, 1.82) is 0 Å². The number of carbonyl (C=O) groups excluding carboxylic acids is 3. The van der Waals surface area contributed by atoms with Crippen molar-refractivity contribution in [2.24, 2.45) is 0 Å². The Kier molecular flexibility index (Phi) is 7.61. The largest absolute Gasteiger partial charge is 0.508 e. The van der Waals surface area contributed by atoms with Crippen molar-refractivity contribution < 1.29 is 24.7 Å². The highest BCUT2D eigenvalue weighted by Crippen LogP contribution is 2.25. The second-order valence-electron chi connectivity index (χ2n) is 9.73. The zero-order valence-corrected chi connectivity index (χ0v) is 20.1. The van der Waals surface area contributed by atoms with Crippen LogP contribution in [-0.2, 0) is 16.0 Å². The average molecular weight is 468 g/mol. The maximum absolute atomic E-state index is 13.7. The van der Waals surface area contributed by atoms with Crippen molar-refractivity contribution in [2.45, 2.75) is 64.6 Å². The number of carbonyl (C=O) groups is 3. The van der Waals surface area contributed by atoms with Crippen molar-refractivity contribution in [3.05, 3.63) is 65.2 Å². The lowest BCUT2D eigenvalue weighted by Crippen LogP contribution is -2.56. The van der Waals surface area contributed by atoms with Crippen LogP contribution >= 0.6 is 0 Å². The van der Waals surface area contributed by atoms with E-state index < -0.39 is 29.4 Å². The summed E-state index contributed by atoms with van der Waals surface area (Å²) in [6.07, 6.45) is 1.23. The van der Waals surface area contributed by atoms with Crippen LogP contribution in [0.1, 0.15) is 55.1 Å². The van der Waals surface area contributed by atoms with Gasteiger partial charge in [-0.25, -0.2) is 5.06 Å². The first-order chi connectivity index (χ1) is 16.0. The monoisotopic (exact) mass is 467 g/mol. The van der Waals surface area contributed by atoms with E-state index in [4.69, 9.17) is 0 Å². The molecule has 1 aliphatic rings. The van der Waals surface area contributed by atoms with Crippen LogP contribution in [-0.4, -0.2) is 62.2 Å². The van der Waals surface area contributed by atoms with Crippen molar-refractivity contribution in [1.82, 2.24) is 15.3 Å². The van der Waals surface area contributed by atoms with Gasteiger partial charge in [-0.1, -0.05) is 36.4 Å². The molecular formula is C26H33N3O5. The summed E-state index contributed by atoms with van der Waals surface area (Å²) in [5.74, 6) is -1.62. The first-order valence-corrected chi connectivity index (χ1v) is 11.5. The van der Waals surface area contributed by atoms with Crippen molar-refractivity contribution in [3.63, 3.8) is 0 Å². The third-order valence-electron chi connectivity index (χ3n) is 5.93. The number of amides is 3. The predicted octanol–water partition coefficient (Wildman–Crippen LogP) is 3.05. The Hall–Kier alpha value is -3.39. The molecule has 182 valence electrons. The number of hydroxylamine groups is 2. The normalized spacial score (nSPS) is 16.7. The number of nitrogens with zero attached hydrogens (tertiary/aromatic N) is 2. The van der Waals surface area contributed by atoms with Crippen LogP contribution in [0.15, 0.2) is 48.5 Å². The quantitative estimate of drug-likeness (QED) is 0.447. The highest BCUT2D eigenvalue weighted by molar-refractivity contribution is 5.99. The fourth-order valence-electron chi connectivity index (χ4n) is 4.18. The van der Waals surface area contributed by atoms with Gasteiger partial charge >= 0.3 is 0 Å². The van der Waals surface area contributed by atoms with Crippen LogP contribution in [0.4, 0.5) is 0 Å². The predicted molar refractivity (Wildman–Crippen MR) is 127 cm³/mol. The zero-order valence-electron chi connectivity index (χ0n) is 20.1. The fourth-order valence-corrected chi connectivity index (χ4v) is 4.18. The molecule has 1 aliphatic heterocycles. The molecule has 1 heterocycles. The summed E-state index contributed by atoms with van der Waals surface area (Å²) in [6, 6.07) is 11.6. The Morgan fingerprint density at radius 2 is 1.79 bits per heavy atom. The SMILES string of the molecule is Cc1c(O)cccc1C(=O)N(O)[C@@H](Cc1ccccc1)C(=O)N1CCC[C@@H]1C(=O)NC(C)(C)C. The molecule has 3 rings (SSSR count). The molecule has 3 N–H and O–H groups in total. The van der Waals surface area contributed by atoms with Gasteiger partial charge in [0.15, 0.2) is 0 Å². The Bertz CT molecular complexity index is 1050. The minimum Gasteiger partial charge on any atom is -0.508 e. The van der Waals surface area contributed by atoms with Crippen LogP contribution < -0.4 is 5.32 Å². The maximum Gasteiger partial charge on any atom is 0.278 e. The highest BCUT2D eigenvalue weighted by atomic mass is 16.5. The minimum atomic E-state index is -1.24. The van der Waals surface area contributed by atoms with E-state index in [2.05, 4.69) is 5.32 Å². The van der Waals surface area contributed by atoms with Gasteiger partial charge in [-0.05, 0) is 58.2 Å². The molecule has 2 aromatic rings. The molecule has 0 radical (unpaired) electrons. The summed E-state index contributed by atoms with van der Waals surface area (Å²) in [5.41, 5.74) is 0.706. The van der Waals surface area contributed by atoms with E-state index in [9.17, 15) is 24.7 Å². The van der Waals surface area contributed by atoms with Crippen molar-refractivity contribution in [2.75, 3.05) is 6.54 Å². The van der Waals surface area contributed by atoms with E-state index in [1.54, 1.807) is 6.92 Å². The van der Waals surface area contributed by atoms with Crippen molar-refractivity contribution in [3.8, 4) is 5.75 Å². The van der Waals surface area contributed by atoms with Gasteiger partial charge in [-0.2, -0.15) is 0 Å². The molecule has 0 bridgehead atoms. The number of hydrogen-bond acceptors (Lipinski definition) is 5. The molecule has 0 unspecified atom stereocenters. The summed E-state index contributed by atoms with van der Waals surface area (Å²) >= 11 is 0. The van der Waals surface area contributed by atoms with E-state index in [0.717, 1.165) is 5.56 Å². The lowest BCUT2D eigenvalue weighted by atomic mass is 10.0. The van der Waals surface area contributed by atoms with Crippen molar-refractivity contribution >= 4 is 17.7 Å². The average Bonchev–Trinajstić information content (AvgIpc) is 3.28.